The number of carbonyl (C=O) groups excluding carboxylic acids is 1. The lowest BCUT2D eigenvalue weighted by Gasteiger charge is -2.21. The Morgan fingerprint density at radius 1 is 1.22 bits per heavy atom. The molecule has 0 fully saturated rings. The molecule has 0 saturated carbocycles. The largest absolute Gasteiger partial charge is 0.384 e. The second-order valence-corrected chi connectivity index (χ2v) is 6.65. The van der Waals surface area contributed by atoms with Gasteiger partial charge in [0.05, 0.1) is 25.3 Å². The van der Waals surface area contributed by atoms with Crippen LogP contribution in [0.25, 0.3) is 0 Å². The summed E-state index contributed by atoms with van der Waals surface area (Å²) < 4.78 is 4.97. The van der Waals surface area contributed by atoms with Crippen LogP contribution in [0.4, 0.5) is 5.69 Å². The van der Waals surface area contributed by atoms with Crippen LogP contribution in [0.15, 0.2) is 55.0 Å². The normalized spacial score (nSPS) is 12.0. The van der Waals surface area contributed by atoms with E-state index in [0.717, 1.165) is 16.9 Å². The van der Waals surface area contributed by atoms with Gasteiger partial charge in [-0.25, -0.2) is 4.98 Å². The Labute approximate surface area is 159 Å². The molecule has 1 amide bonds. The molecule has 0 aliphatic heterocycles. The summed E-state index contributed by atoms with van der Waals surface area (Å²) in [5.74, 6) is -0.0398. The van der Waals surface area contributed by atoms with Gasteiger partial charge in [0.15, 0.2) is 0 Å². The van der Waals surface area contributed by atoms with E-state index in [1.54, 1.807) is 13.4 Å². The van der Waals surface area contributed by atoms with E-state index in [9.17, 15) is 4.79 Å². The predicted octanol–water partition coefficient (Wildman–Crippen LogP) is 4.18. The number of aryl methyl sites for hydroxylation is 1. The highest BCUT2D eigenvalue weighted by Crippen LogP contribution is 2.34. The topological polar surface area (TPSA) is 67.0 Å². The zero-order chi connectivity index (χ0) is 19.2. The first kappa shape index (κ1) is 18.9. The summed E-state index contributed by atoms with van der Waals surface area (Å²) in [6.45, 7) is 4.67. The fourth-order valence-electron chi connectivity index (χ4n) is 3.25. The van der Waals surface area contributed by atoms with Crippen LogP contribution in [0.3, 0.4) is 0 Å². The quantitative estimate of drug-likeness (QED) is 0.662. The average Bonchev–Trinajstić information content (AvgIpc) is 3.18. The number of benzene rings is 2. The molecule has 3 rings (SSSR count). The van der Waals surface area contributed by atoms with E-state index >= 15 is 0 Å². The first-order valence-corrected chi connectivity index (χ1v) is 9.03. The highest BCUT2D eigenvalue weighted by atomic mass is 16.5. The van der Waals surface area contributed by atoms with Crippen molar-refractivity contribution in [3.63, 3.8) is 0 Å². The molecule has 0 saturated heterocycles. The zero-order valence-electron chi connectivity index (χ0n) is 16.0. The van der Waals surface area contributed by atoms with Crippen LogP contribution < -0.4 is 5.32 Å². The molecule has 1 unspecified atom stereocenters. The van der Waals surface area contributed by atoms with Crippen LogP contribution in [-0.2, 0) is 9.53 Å². The van der Waals surface area contributed by atoms with Crippen LogP contribution in [0, 0.1) is 13.8 Å². The summed E-state index contributed by atoms with van der Waals surface area (Å²) in [4.78, 5) is 19.5. The number of amides is 1. The fraction of sp³-hybridized carbons (Fsp3) is 0.273. The lowest BCUT2D eigenvalue weighted by Crippen LogP contribution is -2.14. The molecular weight excluding hydrogens is 338 g/mol. The van der Waals surface area contributed by atoms with Crippen molar-refractivity contribution in [3.8, 4) is 0 Å². The standard InChI is InChI=1S/C22H25N3O2/c1-15-6-4-9-19(16(15)2)22(20-13-23-14-24-20)17-7-5-8-18(12-17)25-21(26)10-11-27-3/h4-9,12-14,22H,10-11H2,1-3H3,(H,23,24)(H,25,26). The number of aromatic nitrogens is 2. The molecule has 2 N–H and O–H groups in total. The molecule has 0 aliphatic carbocycles. The summed E-state index contributed by atoms with van der Waals surface area (Å²) in [5.41, 5.74) is 6.63. The first-order valence-electron chi connectivity index (χ1n) is 9.03. The Bertz CT molecular complexity index is 904. The monoisotopic (exact) mass is 363 g/mol. The van der Waals surface area contributed by atoms with Gasteiger partial charge in [0, 0.05) is 24.7 Å². The van der Waals surface area contributed by atoms with Gasteiger partial charge in [-0.3, -0.25) is 4.79 Å². The number of H-pyrrole nitrogens is 1. The van der Waals surface area contributed by atoms with Gasteiger partial charge in [-0.05, 0) is 48.2 Å². The number of carbonyl (C=O) groups is 1. The summed E-state index contributed by atoms with van der Waals surface area (Å²) in [6.07, 6.45) is 3.89. The van der Waals surface area contributed by atoms with Gasteiger partial charge in [-0.1, -0.05) is 30.3 Å². The number of nitrogens with zero attached hydrogens (tertiary/aromatic N) is 1. The number of rotatable bonds is 7. The lowest BCUT2D eigenvalue weighted by atomic mass is 9.85. The molecule has 1 atom stereocenters. The summed E-state index contributed by atoms with van der Waals surface area (Å²) in [5, 5.41) is 2.95. The fourth-order valence-corrected chi connectivity index (χ4v) is 3.25. The van der Waals surface area contributed by atoms with E-state index in [2.05, 4.69) is 53.4 Å². The van der Waals surface area contributed by atoms with Crippen molar-refractivity contribution in [2.24, 2.45) is 0 Å². The minimum atomic E-state index is -0.0566. The van der Waals surface area contributed by atoms with Crippen molar-refractivity contribution in [3.05, 3.63) is 82.9 Å². The van der Waals surface area contributed by atoms with Crippen LogP contribution >= 0.6 is 0 Å². The summed E-state index contributed by atoms with van der Waals surface area (Å²) in [6, 6.07) is 14.3. The Kier molecular flexibility index (Phi) is 6.04. The number of imidazole rings is 1. The average molecular weight is 363 g/mol. The van der Waals surface area contributed by atoms with Crippen LogP contribution in [0.1, 0.15) is 40.3 Å². The number of aromatic amines is 1. The van der Waals surface area contributed by atoms with Gasteiger partial charge in [-0.15, -0.1) is 0 Å². The van der Waals surface area contributed by atoms with Crippen molar-refractivity contribution in [1.29, 1.82) is 0 Å². The van der Waals surface area contributed by atoms with Gasteiger partial charge < -0.3 is 15.0 Å². The van der Waals surface area contributed by atoms with Crippen molar-refractivity contribution in [2.75, 3.05) is 19.0 Å². The van der Waals surface area contributed by atoms with Crippen molar-refractivity contribution in [1.82, 2.24) is 9.97 Å². The maximum absolute atomic E-state index is 12.0. The number of methoxy groups -OCH3 is 1. The maximum Gasteiger partial charge on any atom is 0.226 e. The third kappa shape index (κ3) is 4.44. The van der Waals surface area contributed by atoms with E-state index in [-0.39, 0.29) is 11.8 Å². The number of nitrogens with one attached hydrogen (secondary N) is 2. The van der Waals surface area contributed by atoms with Gasteiger partial charge in [-0.2, -0.15) is 0 Å². The van der Waals surface area contributed by atoms with Gasteiger partial charge in [0.2, 0.25) is 5.91 Å². The zero-order valence-corrected chi connectivity index (χ0v) is 16.0. The Morgan fingerprint density at radius 2 is 2.04 bits per heavy atom. The van der Waals surface area contributed by atoms with Crippen LogP contribution in [-0.4, -0.2) is 29.6 Å². The van der Waals surface area contributed by atoms with Gasteiger partial charge >= 0.3 is 0 Å². The molecule has 2 aromatic carbocycles. The Hall–Kier alpha value is -2.92. The molecule has 27 heavy (non-hydrogen) atoms. The Morgan fingerprint density at radius 3 is 2.78 bits per heavy atom. The minimum absolute atomic E-state index is 0.0169. The molecule has 0 spiro atoms. The third-order valence-corrected chi connectivity index (χ3v) is 4.82. The molecular formula is C22H25N3O2. The second-order valence-electron chi connectivity index (χ2n) is 6.65. The molecule has 1 heterocycles. The lowest BCUT2D eigenvalue weighted by molar-refractivity contribution is -0.117. The van der Waals surface area contributed by atoms with Gasteiger partial charge in [0.1, 0.15) is 0 Å². The smallest absolute Gasteiger partial charge is 0.226 e. The van der Waals surface area contributed by atoms with Crippen LogP contribution in [0.2, 0.25) is 0 Å². The van der Waals surface area contributed by atoms with Crippen LogP contribution in [0.5, 0.6) is 0 Å². The Balaban J connectivity index is 1.98. The van der Waals surface area contributed by atoms with Crippen molar-refractivity contribution < 1.29 is 9.53 Å². The van der Waals surface area contributed by atoms with Crippen molar-refractivity contribution in [2.45, 2.75) is 26.2 Å². The predicted molar refractivity (Wildman–Crippen MR) is 107 cm³/mol. The minimum Gasteiger partial charge on any atom is -0.384 e. The van der Waals surface area contributed by atoms with Gasteiger partial charge in [0.25, 0.3) is 0 Å². The summed E-state index contributed by atoms with van der Waals surface area (Å²) >= 11 is 0. The SMILES string of the molecule is COCCC(=O)Nc1cccc(C(c2cnc[nH]2)c2cccc(C)c2C)c1. The molecule has 1 aromatic heterocycles. The summed E-state index contributed by atoms with van der Waals surface area (Å²) in [7, 11) is 1.59. The molecule has 0 radical (unpaired) electrons. The number of anilines is 1. The number of hydrogen-bond donors (Lipinski definition) is 2. The van der Waals surface area contributed by atoms with Crippen molar-refractivity contribution >= 4 is 11.6 Å². The van der Waals surface area contributed by atoms with E-state index in [1.807, 2.05) is 24.4 Å². The molecule has 0 bridgehead atoms. The first-order chi connectivity index (χ1) is 13.1. The molecule has 5 nitrogen and oxygen atoms in total. The molecule has 140 valence electrons. The molecule has 5 heteroatoms. The maximum atomic E-state index is 12.0. The highest BCUT2D eigenvalue weighted by molar-refractivity contribution is 5.90. The number of ether oxygens (including phenoxy) is 1. The van der Waals surface area contributed by atoms with E-state index < -0.39 is 0 Å². The van der Waals surface area contributed by atoms with E-state index in [1.165, 1.54) is 16.7 Å². The van der Waals surface area contributed by atoms with E-state index in [0.29, 0.717) is 13.0 Å². The highest BCUT2D eigenvalue weighted by Gasteiger charge is 2.21. The molecule has 3 aromatic rings. The number of hydrogen-bond acceptors (Lipinski definition) is 3. The van der Waals surface area contributed by atoms with E-state index in [4.69, 9.17) is 4.74 Å². The second kappa shape index (κ2) is 8.64. The molecule has 0 aliphatic rings. The third-order valence-electron chi connectivity index (χ3n) is 4.82.